The molecule has 0 aliphatic carbocycles. The molecule has 0 unspecified atom stereocenters. The molecule has 0 bridgehead atoms. The minimum atomic E-state index is -1.48. The lowest BCUT2D eigenvalue weighted by Crippen LogP contribution is -2.57. The van der Waals surface area contributed by atoms with Crippen LogP contribution in [0.1, 0.15) is 41.4 Å². The van der Waals surface area contributed by atoms with Gasteiger partial charge in [0.15, 0.2) is 0 Å². The molecule has 0 radical (unpaired) electrons. The van der Waals surface area contributed by atoms with E-state index in [1.807, 2.05) is 0 Å². The fourth-order valence-electron chi connectivity index (χ4n) is 4.97. The van der Waals surface area contributed by atoms with Crippen LogP contribution in [0, 0.1) is 0 Å². The Hall–Kier alpha value is -7.12. The highest BCUT2D eigenvalue weighted by Crippen LogP contribution is 2.17. The third-order valence-corrected chi connectivity index (χ3v) is 8.06. The van der Waals surface area contributed by atoms with Crippen LogP contribution in [0.25, 0.3) is 0 Å². The number of nitrogens with two attached hydrogens (primary N) is 9. The number of carbonyl (C=O) groups excluding carboxylic acids is 4. The number of nitrogens with one attached hydrogen (secondary N) is 2. The highest BCUT2D eigenvalue weighted by molar-refractivity contribution is 5.98. The van der Waals surface area contributed by atoms with E-state index < -0.39 is 49.1 Å². The Morgan fingerprint density at radius 3 is 1.08 bits per heavy atom. The van der Waals surface area contributed by atoms with Crippen molar-refractivity contribution in [2.24, 2.45) is 5.73 Å². The summed E-state index contributed by atoms with van der Waals surface area (Å²) in [5, 5.41) is 67.4. The van der Waals surface area contributed by atoms with Crippen molar-refractivity contribution in [1.82, 2.24) is 15.5 Å². The van der Waals surface area contributed by atoms with E-state index in [4.69, 9.17) is 87.3 Å². The van der Waals surface area contributed by atoms with Crippen molar-refractivity contribution in [3.63, 3.8) is 0 Å². The Balaban J connectivity index is 0.000000419. The Kier molecular flexibility index (Phi) is 22.3. The summed E-state index contributed by atoms with van der Waals surface area (Å²) >= 11 is 0. The average molecular weight is 871 g/mol. The van der Waals surface area contributed by atoms with Crippen LogP contribution >= 0.6 is 0 Å². The van der Waals surface area contributed by atoms with E-state index in [2.05, 4.69) is 10.6 Å². The molecule has 4 aromatic rings. The first-order chi connectivity index (χ1) is 29.2. The largest absolute Gasteiger partial charge is 0.399 e. The first-order valence-electron chi connectivity index (χ1n) is 18.3. The van der Waals surface area contributed by atoms with Crippen molar-refractivity contribution in [3.8, 4) is 0 Å². The number of nitrogen functional groups attached to an aromatic ring is 8. The fourth-order valence-corrected chi connectivity index (χ4v) is 4.97. The summed E-state index contributed by atoms with van der Waals surface area (Å²) in [6.07, 6.45) is 0. The van der Waals surface area contributed by atoms with E-state index in [1.165, 1.54) is 65.6 Å². The van der Waals surface area contributed by atoms with Gasteiger partial charge in [0, 0.05) is 80.8 Å². The molecule has 0 aliphatic heterocycles. The predicted octanol–water partition coefficient (Wildman–Crippen LogP) is -3.54. The van der Waals surface area contributed by atoms with Gasteiger partial charge in [-0.05, 0) is 72.8 Å². The molecule has 0 spiro atoms. The third-order valence-electron chi connectivity index (χ3n) is 8.06. The SMILES string of the molecule is NC(=O)c1cc(N)cc(N)c1.Nc1cc(N)cc(C(=O)N(CCO)CCO)c1.Nc1cc(N)cc(C(=O)NC(CO)(CO)CO)c1.Nc1cc(N)cc(C(=O)NC(CO)CO)c1. The number of primary amides is 1. The van der Waals surface area contributed by atoms with Crippen molar-refractivity contribution in [2.45, 2.75) is 11.6 Å². The van der Waals surface area contributed by atoms with Gasteiger partial charge in [-0.3, -0.25) is 19.2 Å². The van der Waals surface area contributed by atoms with Gasteiger partial charge in [-0.1, -0.05) is 0 Å². The van der Waals surface area contributed by atoms with Crippen LogP contribution in [0.5, 0.6) is 0 Å². The first kappa shape index (κ1) is 52.9. The van der Waals surface area contributed by atoms with Crippen molar-refractivity contribution in [1.29, 1.82) is 0 Å². The molecule has 0 aromatic heterocycles. The summed E-state index contributed by atoms with van der Waals surface area (Å²) < 4.78 is 0. The van der Waals surface area contributed by atoms with Gasteiger partial charge in [0.25, 0.3) is 17.7 Å². The number of nitrogens with zero attached hydrogens (tertiary/aromatic N) is 1. The zero-order chi connectivity index (χ0) is 47.2. The Bertz CT molecular complexity index is 1990. The molecule has 0 aliphatic rings. The maximum absolute atomic E-state index is 12.0. The Morgan fingerprint density at radius 2 is 0.790 bits per heavy atom. The van der Waals surface area contributed by atoms with Crippen LogP contribution in [0.2, 0.25) is 0 Å². The topological polar surface area (TPSA) is 471 Å². The van der Waals surface area contributed by atoms with E-state index in [0.717, 1.165) is 0 Å². The van der Waals surface area contributed by atoms with Crippen molar-refractivity contribution in [3.05, 3.63) is 95.1 Å². The van der Waals surface area contributed by atoms with E-state index >= 15 is 0 Å². The maximum atomic E-state index is 12.0. The lowest BCUT2D eigenvalue weighted by atomic mass is 10.0. The first-order valence-corrected chi connectivity index (χ1v) is 18.3. The van der Waals surface area contributed by atoms with E-state index in [-0.39, 0.29) is 51.0 Å². The Labute approximate surface area is 356 Å². The van der Waals surface area contributed by atoms with Crippen molar-refractivity contribution in [2.75, 3.05) is 105 Å². The van der Waals surface area contributed by atoms with Gasteiger partial charge in [-0.25, -0.2) is 0 Å². The standard InChI is InChI=1S/C11H17N3O4.C11H17N3O3.C10H15N3O3.C7H9N3O/c12-8-1-7(2-9(13)3-8)10(18)14-11(4-15,5-16)6-17;12-9-5-8(6-10(13)7-9)11(17)14(1-3-15)2-4-16;11-7-1-6(2-8(12)3-7)10(16)13-9(4-14)5-15;8-5-1-4(7(10)11)2-6(9)3-5/h1-3,15-17H,4-6,12-13H2,(H,14,18);5-7,15-16H,1-4,12-13H2;1-3,9,14-15H,4-5,11-12H2,(H,13,16);1-3H,8-9H2,(H2,10,11). The average Bonchev–Trinajstić information content (AvgIpc) is 3.20. The zero-order valence-electron chi connectivity index (χ0n) is 33.8. The van der Waals surface area contributed by atoms with Crippen LogP contribution in [-0.2, 0) is 0 Å². The molecule has 0 fully saturated rings. The number of hydrogen-bond donors (Lipinski definition) is 18. The smallest absolute Gasteiger partial charge is 0.254 e. The molecule has 0 atom stereocenters. The Morgan fingerprint density at radius 1 is 0.484 bits per heavy atom. The van der Waals surface area contributed by atoms with Gasteiger partial charge in [0.05, 0.1) is 52.3 Å². The molecule has 0 saturated heterocycles. The van der Waals surface area contributed by atoms with Gasteiger partial charge in [-0.2, -0.15) is 0 Å². The monoisotopic (exact) mass is 870 g/mol. The molecular formula is C39H58N12O11. The zero-order valence-corrected chi connectivity index (χ0v) is 33.8. The molecule has 4 aromatic carbocycles. The summed E-state index contributed by atoms with van der Waals surface area (Å²) in [4.78, 5) is 47.5. The third kappa shape index (κ3) is 18.0. The fraction of sp³-hybridized carbons (Fsp3) is 0.282. The molecule has 23 nitrogen and oxygen atoms in total. The quantitative estimate of drug-likeness (QED) is 0.0514. The second-order valence-electron chi connectivity index (χ2n) is 13.4. The van der Waals surface area contributed by atoms with E-state index in [1.54, 1.807) is 12.1 Å². The lowest BCUT2D eigenvalue weighted by molar-refractivity contribution is 0.0375. The minimum Gasteiger partial charge on any atom is -0.399 e. The van der Waals surface area contributed by atoms with Gasteiger partial charge < -0.3 is 103 Å². The number of rotatable bonds is 15. The van der Waals surface area contributed by atoms with Crippen LogP contribution in [0.3, 0.4) is 0 Å². The van der Waals surface area contributed by atoms with Crippen LogP contribution < -0.4 is 62.2 Å². The summed E-state index contributed by atoms with van der Waals surface area (Å²) in [5.41, 5.74) is 52.0. The summed E-state index contributed by atoms with van der Waals surface area (Å²) in [6.45, 7) is -2.45. The summed E-state index contributed by atoms with van der Waals surface area (Å²) in [5.74, 6) is -1.87. The molecule has 0 saturated carbocycles. The predicted molar refractivity (Wildman–Crippen MR) is 237 cm³/mol. The number of amides is 4. The molecule has 0 heterocycles. The number of carbonyl (C=O) groups is 4. The van der Waals surface area contributed by atoms with Crippen molar-refractivity contribution < 1.29 is 54.9 Å². The second-order valence-corrected chi connectivity index (χ2v) is 13.4. The molecule has 4 amide bonds. The van der Waals surface area contributed by atoms with Gasteiger partial charge in [-0.15, -0.1) is 0 Å². The molecule has 340 valence electrons. The molecule has 62 heavy (non-hydrogen) atoms. The van der Waals surface area contributed by atoms with Gasteiger partial charge >= 0.3 is 0 Å². The highest BCUT2D eigenvalue weighted by Gasteiger charge is 2.30. The van der Waals surface area contributed by atoms with Gasteiger partial charge in [0.2, 0.25) is 5.91 Å². The number of aliphatic hydroxyl groups excluding tert-OH is 7. The van der Waals surface area contributed by atoms with Crippen LogP contribution in [0.4, 0.5) is 45.5 Å². The lowest BCUT2D eigenvalue weighted by Gasteiger charge is -2.28. The number of anilines is 8. The second kappa shape index (κ2) is 26.2. The van der Waals surface area contributed by atoms with Crippen molar-refractivity contribution >= 4 is 69.1 Å². The van der Waals surface area contributed by atoms with Crippen LogP contribution in [0.15, 0.2) is 72.8 Å². The van der Waals surface area contributed by atoms with Crippen LogP contribution in [-0.4, -0.2) is 135 Å². The van der Waals surface area contributed by atoms with E-state index in [9.17, 15) is 19.2 Å². The van der Waals surface area contributed by atoms with E-state index in [0.29, 0.717) is 62.2 Å². The minimum absolute atomic E-state index is 0.161. The molecule has 27 N–H and O–H groups in total. The normalized spacial score (nSPS) is 10.5. The summed E-state index contributed by atoms with van der Waals surface area (Å²) in [6, 6.07) is 17.2. The van der Waals surface area contributed by atoms with Gasteiger partial charge in [0.1, 0.15) is 5.54 Å². The number of benzene rings is 4. The summed E-state index contributed by atoms with van der Waals surface area (Å²) in [7, 11) is 0. The molecule has 4 rings (SSSR count). The number of hydrogen-bond acceptors (Lipinski definition) is 19. The maximum Gasteiger partial charge on any atom is 0.254 e. The highest BCUT2D eigenvalue weighted by atomic mass is 16.3. The molecule has 23 heteroatoms. The number of aliphatic hydroxyl groups is 7. The molecular weight excluding hydrogens is 813 g/mol.